The molecule has 3 rings (SSSR count). The van der Waals surface area contributed by atoms with Gasteiger partial charge in [-0.25, -0.2) is 4.98 Å². The Hall–Kier alpha value is -2.46. The Balaban J connectivity index is 1.74. The van der Waals surface area contributed by atoms with Crippen LogP contribution in [0.4, 0.5) is 18.9 Å². The van der Waals surface area contributed by atoms with Crippen LogP contribution in [-0.2, 0) is 24.6 Å². The number of aryl methyl sites for hydroxylation is 1. The van der Waals surface area contributed by atoms with E-state index in [-0.39, 0.29) is 6.54 Å². The molecule has 0 radical (unpaired) electrons. The first kappa shape index (κ1) is 19.3. The number of halogens is 4. The average Bonchev–Trinajstić information content (AvgIpc) is 3.19. The van der Waals surface area contributed by atoms with Crippen LogP contribution in [0.2, 0.25) is 5.02 Å². The number of rotatable bonds is 5. The van der Waals surface area contributed by atoms with Gasteiger partial charge in [-0.2, -0.15) is 18.3 Å². The first-order valence-electron chi connectivity index (χ1n) is 7.57. The topological polar surface area (TPSA) is 64.7 Å². The van der Waals surface area contributed by atoms with Crippen molar-refractivity contribution in [2.24, 2.45) is 7.05 Å². The Morgan fingerprint density at radius 1 is 1.30 bits per heavy atom. The largest absolute Gasteiger partial charge is 0.435 e. The number of nitrogens with one attached hydrogen (secondary N) is 1. The van der Waals surface area contributed by atoms with Gasteiger partial charge in [-0.05, 0) is 36.0 Å². The van der Waals surface area contributed by atoms with Crippen molar-refractivity contribution in [3.8, 4) is 0 Å². The fourth-order valence-corrected chi connectivity index (χ4v) is 3.22. The molecule has 6 nitrogen and oxygen atoms in total. The van der Waals surface area contributed by atoms with Crippen LogP contribution >= 0.6 is 23.4 Å². The molecule has 2 aromatic heterocycles. The molecule has 1 aromatic carbocycles. The van der Waals surface area contributed by atoms with Gasteiger partial charge in [0, 0.05) is 35.6 Å². The van der Waals surface area contributed by atoms with Gasteiger partial charge in [-0.15, -0.1) is 0 Å². The molecule has 142 valence electrons. The van der Waals surface area contributed by atoms with E-state index in [0.717, 1.165) is 16.9 Å². The summed E-state index contributed by atoms with van der Waals surface area (Å²) in [5.41, 5.74) is -0.618. The second kappa shape index (κ2) is 7.65. The van der Waals surface area contributed by atoms with Crippen LogP contribution in [-0.4, -0.2) is 25.2 Å². The first-order valence-corrected chi connectivity index (χ1v) is 8.77. The molecule has 0 aliphatic carbocycles. The molecule has 0 bridgehead atoms. The monoisotopic (exact) mass is 415 g/mol. The molecule has 0 aliphatic heterocycles. The van der Waals surface area contributed by atoms with Crippen LogP contribution in [0.25, 0.3) is 0 Å². The minimum absolute atomic E-state index is 0.366. The van der Waals surface area contributed by atoms with Crippen LogP contribution < -0.4 is 5.32 Å². The van der Waals surface area contributed by atoms with Crippen molar-refractivity contribution in [2.75, 3.05) is 5.32 Å². The summed E-state index contributed by atoms with van der Waals surface area (Å²) >= 11 is 7.32. The van der Waals surface area contributed by atoms with Gasteiger partial charge in [-0.1, -0.05) is 11.6 Å². The molecule has 0 saturated heterocycles. The van der Waals surface area contributed by atoms with Crippen LogP contribution in [0.3, 0.4) is 0 Å². The van der Waals surface area contributed by atoms with E-state index in [2.05, 4.69) is 15.4 Å². The molecule has 0 atom stereocenters. The van der Waals surface area contributed by atoms with E-state index < -0.39 is 17.8 Å². The summed E-state index contributed by atoms with van der Waals surface area (Å²) in [6, 6.07) is 5.78. The summed E-state index contributed by atoms with van der Waals surface area (Å²) in [5, 5.41) is 7.13. The van der Waals surface area contributed by atoms with Gasteiger partial charge in [-0.3, -0.25) is 9.48 Å². The molecule has 2 heterocycles. The minimum atomic E-state index is -4.56. The maximum absolute atomic E-state index is 12.6. The zero-order chi connectivity index (χ0) is 19.6. The molecule has 0 aliphatic rings. The normalized spacial score (nSPS) is 11.6. The lowest BCUT2D eigenvalue weighted by Gasteiger charge is -2.11. The maximum atomic E-state index is 12.6. The van der Waals surface area contributed by atoms with Crippen LogP contribution in [0.1, 0.15) is 5.69 Å². The second-order valence-corrected chi connectivity index (χ2v) is 6.95. The molecule has 1 amide bonds. The third kappa shape index (κ3) is 4.83. The molecule has 0 unspecified atom stereocenters. The zero-order valence-corrected chi connectivity index (χ0v) is 15.4. The Kier molecular flexibility index (Phi) is 5.47. The molecular weight excluding hydrogens is 403 g/mol. The van der Waals surface area contributed by atoms with E-state index in [0.29, 0.717) is 20.8 Å². The second-order valence-electron chi connectivity index (χ2n) is 5.51. The Bertz CT molecular complexity index is 969. The molecule has 11 heteroatoms. The number of hydrogen-bond acceptors (Lipinski definition) is 4. The van der Waals surface area contributed by atoms with Crippen molar-refractivity contribution in [1.82, 2.24) is 19.3 Å². The number of imidazole rings is 1. The van der Waals surface area contributed by atoms with Crippen molar-refractivity contribution in [3.05, 3.63) is 53.6 Å². The van der Waals surface area contributed by atoms with Gasteiger partial charge in [0.15, 0.2) is 10.9 Å². The van der Waals surface area contributed by atoms with Gasteiger partial charge in [0.25, 0.3) is 0 Å². The highest BCUT2D eigenvalue weighted by molar-refractivity contribution is 7.99. The minimum Gasteiger partial charge on any atom is -0.329 e. The van der Waals surface area contributed by atoms with E-state index in [4.69, 9.17) is 11.6 Å². The Morgan fingerprint density at radius 3 is 2.70 bits per heavy atom. The number of carbonyl (C=O) groups excluding carboxylic acids is 1. The number of aromatic nitrogens is 4. The number of alkyl halides is 3. The summed E-state index contributed by atoms with van der Waals surface area (Å²) in [5.74, 6) is -0.532. The summed E-state index contributed by atoms with van der Waals surface area (Å²) in [6.07, 6.45) is -0.0244. The average molecular weight is 416 g/mol. The van der Waals surface area contributed by atoms with Crippen LogP contribution in [0.5, 0.6) is 0 Å². The lowest BCUT2D eigenvalue weighted by atomic mass is 10.3. The predicted molar refractivity (Wildman–Crippen MR) is 94.6 cm³/mol. The maximum Gasteiger partial charge on any atom is 0.435 e. The van der Waals surface area contributed by atoms with Gasteiger partial charge in [0.05, 0.1) is 5.69 Å². The fraction of sp³-hybridized carbons (Fsp3) is 0.188. The summed E-state index contributed by atoms with van der Waals surface area (Å²) in [6.45, 7) is -0.366. The van der Waals surface area contributed by atoms with E-state index >= 15 is 0 Å². The molecule has 0 saturated carbocycles. The molecule has 27 heavy (non-hydrogen) atoms. The SMILES string of the molecule is Cn1ccnc1Sc1ccc(Cl)cc1NC(=O)Cn1ccc(C(F)(F)F)n1. The van der Waals surface area contributed by atoms with Crippen LogP contribution in [0.15, 0.2) is 52.9 Å². The third-order valence-electron chi connectivity index (χ3n) is 3.43. The van der Waals surface area contributed by atoms with Crippen molar-refractivity contribution in [2.45, 2.75) is 22.8 Å². The van der Waals surface area contributed by atoms with E-state index in [1.165, 1.54) is 11.8 Å². The van der Waals surface area contributed by atoms with Crippen molar-refractivity contribution in [3.63, 3.8) is 0 Å². The van der Waals surface area contributed by atoms with Crippen molar-refractivity contribution >= 4 is 35.0 Å². The highest BCUT2D eigenvalue weighted by Gasteiger charge is 2.33. The number of carbonyl (C=O) groups is 1. The highest BCUT2D eigenvalue weighted by atomic mass is 35.5. The van der Waals surface area contributed by atoms with Crippen LogP contribution in [0, 0.1) is 0 Å². The van der Waals surface area contributed by atoms with Gasteiger partial charge in [0.2, 0.25) is 5.91 Å². The Morgan fingerprint density at radius 2 is 2.07 bits per heavy atom. The smallest absolute Gasteiger partial charge is 0.329 e. The van der Waals surface area contributed by atoms with Crippen molar-refractivity contribution in [1.29, 1.82) is 0 Å². The van der Waals surface area contributed by atoms with E-state index in [9.17, 15) is 18.0 Å². The molecule has 0 spiro atoms. The number of amides is 1. The molecule has 0 fully saturated rings. The predicted octanol–water partition coefficient (Wildman–Crippen LogP) is 4.08. The first-order chi connectivity index (χ1) is 12.7. The fourth-order valence-electron chi connectivity index (χ4n) is 2.18. The van der Waals surface area contributed by atoms with Gasteiger partial charge < -0.3 is 9.88 Å². The summed E-state index contributed by atoms with van der Waals surface area (Å²) in [4.78, 5) is 17.1. The molecular formula is C16H13ClF3N5OS. The molecule has 1 N–H and O–H groups in total. The lowest BCUT2D eigenvalue weighted by molar-refractivity contribution is -0.141. The van der Waals surface area contributed by atoms with Crippen molar-refractivity contribution < 1.29 is 18.0 Å². The number of benzene rings is 1. The molecule has 3 aromatic rings. The highest BCUT2D eigenvalue weighted by Crippen LogP contribution is 2.34. The van der Waals surface area contributed by atoms with E-state index in [1.54, 1.807) is 30.6 Å². The standard InChI is InChI=1S/C16H13ClF3N5OS/c1-24-7-5-21-15(24)27-12-3-2-10(17)8-11(12)22-14(26)9-25-6-4-13(23-25)16(18,19)20/h2-8H,9H2,1H3,(H,22,26). The Labute approximate surface area is 161 Å². The summed E-state index contributed by atoms with van der Waals surface area (Å²) in [7, 11) is 1.83. The lowest BCUT2D eigenvalue weighted by Crippen LogP contribution is -2.20. The van der Waals surface area contributed by atoms with E-state index in [1.807, 2.05) is 11.6 Å². The number of hydrogen-bond donors (Lipinski definition) is 1. The third-order valence-corrected chi connectivity index (χ3v) is 4.82. The van der Waals surface area contributed by atoms with Gasteiger partial charge >= 0.3 is 6.18 Å². The quantitative estimate of drug-likeness (QED) is 0.682. The zero-order valence-electron chi connectivity index (χ0n) is 13.9. The number of anilines is 1. The van der Waals surface area contributed by atoms with Gasteiger partial charge in [0.1, 0.15) is 6.54 Å². The number of nitrogens with zero attached hydrogens (tertiary/aromatic N) is 4. The summed E-state index contributed by atoms with van der Waals surface area (Å²) < 4.78 is 40.5.